The zero-order chi connectivity index (χ0) is 29.5. The van der Waals surface area contributed by atoms with E-state index >= 15 is 4.39 Å². The Kier molecular flexibility index (Phi) is 9.12. The van der Waals surface area contributed by atoms with Crippen LogP contribution in [0.25, 0.3) is 11.1 Å². The summed E-state index contributed by atoms with van der Waals surface area (Å²) >= 11 is 0. The normalized spacial score (nSPS) is 13.9. The predicted octanol–water partition coefficient (Wildman–Crippen LogP) is 3.63. The van der Waals surface area contributed by atoms with Crippen molar-refractivity contribution in [1.29, 1.82) is 0 Å². The first-order valence-corrected chi connectivity index (χ1v) is 14.7. The van der Waals surface area contributed by atoms with E-state index in [1.54, 1.807) is 41.6 Å². The third kappa shape index (κ3) is 6.95. The van der Waals surface area contributed by atoms with E-state index < -0.39 is 22.7 Å². The lowest BCUT2D eigenvalue weighted by molar-refractivity contribution is 0.0745. The number of aromatic nitrogens is 3. The minimum absolute atomic E-state index is 0.0554. The van der Waals surface area contributed by atoms with Gasteiger partial charge in [0.2, 0.25) is 0 Å². The standard InChI is InChI=1S/C30H29FN6O4S/c1-2-41-24-16-23(18-32-19-24)25-9-8-22(17-26(25)31)30(39)37-14-12-36(13-15-37)28-11-10-27(33-34-28)29(38)35-42(40)20-21-6-4-3-5-7-21/h3-11,16-19H,2,12-15,20H2,1H3,(H,35,38). The number of ether oxygens (including phenoxy) is 1. The van der Waals surface area contributed by atoms with E-state index in [2.05, 4.69) is 19.9 Å². The van der Waals surface area contributed by atoms with Crippen LogP contribution in [-0.2, 0) is 16.7 Å². The van der Waals surface area contributed by atoms with Gasteiger partial charge in [-0.15, -0.1) is 10.2 Å². The van der Waals surface area contributed by atoms with Gasteiger partial charge in [-0.2, -0.15) is 0 Å². The van der Waals surface area contributed by atoms with Crippen LogP contribution in [0.15, 0.2) is 79.1 Å². The van der Waals surface area contributed by atoms with Crippen molar-refractivity contribution in [2.75, 3.05) is 37.7 Å². The van der Waals surface area contributed by atoms with Crippen molar-refractivity contribution in [2.45, 2.75) is 12.7 Å². The summed E-state index contributed by atoms with van der Waals surface area (Å²) < 4.78 is 35.2. The zero-order valence-electron chi connectivity index (χ0n) is 22.9. The second-order valence-corrected chi connectivity index (χ2v) is 10.7. The van der Waals surface area contributed by atoms with Crippen molar-refractivity contribution in [3.8, 4) is 16.9 Å². The summed E-state index contributed by atoms with van der Waals surface area (Å²) in [6, 6.07) is 18.6. The Bertz CT molecular complexity index is 1580. The molecule has 2 aromatic heterocycles. The molecule has 42 heavy (non-hydrogen) atoms. The molecule has 4 aromatic rings. The number of anilines is 1. The van der Waals surface area contributed by atoms with Crippen molar-refractivity contribution < 1.29 is 22.9 Å². The maximum absolute atomic E-state index is 15.0. The summed E-state index contributed by atoms with van der Waals surface area (Å²) in [6.45, 7) is 4.13. The Morgan fingerprint density at radius 1 is 0.976 bits per heavy atom. The number of nitrogens with zero attached hydrogens (tertiary/aromatic N) is 5. The van der Waals surface area contributed by atoms with E-state index in [1.165, 1.54) is 12.1 Å². The van der Waals surface area contributed by atoms with Crippen LogP contribution < -0.4 is 14.4 Å². The quantitative estimate of drug-likeness (QED) is 0.315. The second-order valence-electron chi connectivity index (χ2n) is 9.50. The lowest BCUT2D eigenvalue weighted by Crippen LogP contribution is -2.49. The van der Waals surface area contributed by atoms with Crippen LogP contribution in [0.4, 0.5) is 10.2 Å². The minimum atomic E-state index is -1.60. The SMILES string of the molecule is CCOc1cncc(-c2ccc(C(=O)N3CCN(c4ccc(C(=O)NS(=O)Cc5ccccc5)nn4)CC3)cc2F)c1. The fraction of sp³-hybridized carbons (Fsp3) is 0.233. The molecule has 2 amide bonds. The first-order chi connectivity index (χ1) is 20.4. The Hall–Kier alpha value is -4.71. The molecule has 1 fully saturated rings. The molecule has 1 unspecified atom stereocenters. The molecule has 0 bridgehead atoms. The largest absolute Gasteiger partial charge is 0.492 e. The van der Waals surface area contributed by atoms with Gasteiger partial charge in [0, 0.05) is 49.1 Å². The average Bonchev–Trinajstić information content (AvgIpc) is 3.01. The lowest BCUT2D eigenvalue weighted by Gasteiger charge is -2.35. The number of nitrogens with one attached hydrogen (secondary N) is 1. The summed E-state index contributed by atoms with van der Waals surface area (Å²) in [5.41, 5.74) is 2.07. The predicted molar refractivity (Wildman–Crippen MR) is 157 cm³/mol. The number of hydrogen-bond donors (Lipinski definition) is 1. The molecular formula is C30H29FN6O4S. The van der Waals surface area contributed by atoms with Gasteiger partial charge in [-0.1, -0.05) is 36.4 Å². The molecule has 1 atom stereocenters. The minimum Gasteiger partial charge on any atom is -0.492 e. The first-order valence-electron chi connectivity index (χ1n) is 13.4. The van der Waals surface area contributed by atoms with Crippen LogP contribution in [0.5, 0.6) is 5.75 Å². The highest BCUT2D eigenvalue weighted by atomic mass is 32.2. The lowest BCUT2D eigenvalue weighted by atomic mass is 10.0. The van der Waals surface area contributed by atoms with Crippen LogP contribution >= 0.6 is 0 Å². The third-order valence-corrected chi connectivity index (χ3v) is 7.68. The summed E-state index contributed by atoms with van der Waals surface area (Å²) in [7, 11) is -1.60. The Labute approximate surface area is 245 Å². The number of pyridine rings is 1. The van der Waals surface area contributed by atoms with Crippen molar-refractivity contribution in [3.05, 3.63) is 102 Å². The van der Waals surface area contributed by atoms with Crippen LogP contribution in [0.3, 0.4) is 0 Å². The summed E-state index contributed by atoms with van der Waals surface area (Å²) in [5.74, 6) is -0.0541. The monoisotopic (exact) mass is 588 g/mol. The molecule has 3 heterocycles. The maximum atomic E-state index is 15.0. The number of amides is 2. The Morgan fingerprint density at radius 3 is 2.45 bits per heavy atom. The molecule has 1 aliphatic heterocycles. The summed E-state index contributed by atoms with van der Waals surface area (Å²) in [5, 5.41) is 8.16. The second kappa shape index (κ2) is 13.3. The summed E-state index contributed by atoms with van der Waals surface area (Å²) in [6.07, 6.45) is 3.12. The number of rotatable bonds is 9. The van der Waals surface area contributed by atoms with Gasteiger partial charge in [0.25, 0.3) is 11.8 Å². The number of halogens is 1. The van der Waals surface area contributed by atoms with Crippen molar-refractivity contribution in [3.63, 3.8) is 0 Å². The molecule has 0 saturated carbocycles. The molecule has 10 nitrogen and oxygen atoms in total. The van der Waals surface area contributed by atoms with Gasteiger partial charge in [0.05, 0.1) is 18.6 Å². The smallest absolute Gasteiger partial charge is 0.283 e. The van der Waals surface area contributed by atoms with E-state index in [9.17, 15) is 13.8 Å². The van der Waals surface area contributed by atoms with Crippen molar-refractivity contribution in [1.82, 2.24) is 24.8 Å². The zero-order valence-corrected chi connectivity index (χ0v) is 23.7. The van der Waals surface area contributed by atoms with E-state index in [1.807, 2.05) is 42.2 Å². The molecule has 216 valence electrons. The van der Waals surface area contributed by atoms with Crippen LogP contribution in [-0.4, -0.2) is 68.9 Å². The first kappa shape index (κ1) is 28.8. The molecule has 5 rings (SSSR count). The van der Waals surface area contributed by atoms with E-state index in [4.69, 9.17) is 4.74 Å². The number of carbonyl (C=O) groups is 2. The average molecular weight is 589 g/mol. The molecule has 1 aliphatic rings. The molecule has 1 N–H and O–H groups in total. The van der Waals surface area contributed by atoms with Crippen molar-refractivity contribution >= 4 is 28.6 Å². The Morgan fingerprint density at radius 2 is 1.76 bits per heavy atom. The van der Waals surface area contributed by atoms with Gasteiger partial charge in [-0.25, -0.2) is 8.60 Å². The van der Waals surface area contributed by atoms with Gasteiger partial charge in [0.15, 0.2) is 11.5 Å². The molecule has 12 heteroatoms. The number of piperazine rings is 1. The third-order valence-electron chi connectivity index (χ3n) is 6.67. The molecule has 2 aromatic carbocycles. The van der Waals surface area contributed by atoms with E-state index in [0.717, 1.165) is 5.56 Å². The van der Waals surface area contributed by atoms with Crippen LogP contribution in [0, 0.1) is 5.82 Å². The van der Waals surface area contributed by atoms with Crippen LogP contribution in [0.1, 0.15) is 33.3 Å². The number of benzene rings is 2. The van der Waals surface area contributed by atoms with Gasteiger partial charge in [-0.05, 0) is 42.8 Å². The molecule has 0 radical (unpaired) electrons. The van der Waals surface area contributed by atoms with Gasteiger partial charge < -0.3 is 14.5 Å². The van der Waals surface area contributed by atoms with Crippen molar-refractivity contribution in [2.24, 2.45) is 0 Å². The van der Waals surface area contributed by atoms with Gasteiger partial charge >= 0.3 is 0 Å². The fourth-order valence-electron chi connectivity index (χ4n) is 4.55. The van der Waals surface area contributed by atoms with Gasteiger partial charge in [0.1, 0.15) is 22.6 Å². The highest BCUT2D eigenvalue weighted by molar-refractivity contribution is 7.82. The fourth-order valence-corrected chi connectivity index (χ4v) is 5.43. The molecule has 0 aliphatic carbocycles. The molecule has 1 saturated heterocycles. The van der Waals surface area contributed by atoms with Crippen LogP contribution in [0.2, 0.25) is 0 Å². The highest BCUT2D eigenvalue weighted by Gasteiger charge is 2.24. The van der Waals surface area contributed by atoms with Gasteiger partial charge in [-0.3, -0.25) is 19.3 Å². The van der Waals surface area contributed by atoms with E-state index in [0.29, 0.717) is 55.5 Å². The van der Waals surface area contributed by atoms with E-state index in [-0.39, 0.29) is 22.9 Å². The number of hydrogen-bond acceptors (Lipinski definition) is 8. The maximum Gasteiger partial charge on any atom is 0.283 e. The Balaban J connectivity index is 1.15. The topological polar surface area (TPSA) is 118 Å². The number of carbonyl (C=O) groups excluding carboxylic acids is 2. The highest BCUT2D eigenvalue weighted by Crippen LogP contribution is 2.27. The summed E-state index contributed by atoms with van der Waals surface area (Å²) in [4.78, 5) is 33.3. The molecule has 0 spiro atoms. The molecular weight excluding hydrogens is 559 g/mol.